The topological polar surface area (TPSA) is 3.24 Å². The van der Waals surface area contributed by atoms with Crippen molar-refractivity contribution in [3.05, 3.63) is 199 Å². The number of hydrogen-bond donors (Lipinski definition) is 0. The van der Waals surface area contributed by atoms with Crippen LogP contribution in [0.3, 0.4) is 0 Å². The Morgan fingerprint density at radius 2 is 0.811 bits per heavy atom. The molecule has 8 aromatic rings. The summed E-state index contributed by atoms with van der Waals surface area (Å²) in [5, 5.41) is 5.97. The molecule has 252 valence electrons. The zero-order chi connectivity index (χ0) is 35.7. The molecule has 0 atom stereocenters. The second-order valence-corrected chi connectivity index (χ2v) is 18.3. The Hall–Kier alpha value is -6.22. The Kier molecular flexibility index (Phi) is 7.25. The zero-order valence-electron chi connectivity index (χ0n) is 30.3. The fourth-order valence-corrected chi connectivity index (χ4v) is 15.0. The van der Waals surface area contributed by atoms with Gasteiger partial charge in [0.2, 0.25) is 0 Å². The third kappa shape index (κ3) is 4.69. The number of hydrogen-bond acceptors (Lipinski definition) is 1. The molecule has 0 unspecified atom stereocenters. The van der Waals surface area contributed by atoms with Crippen molar-refractivity contribution in [2.75, 3.05) is 4.90 Å². The van der Waals surface area contributed by atoms with Gasteiger partial charge in [-0.25, -0.2) is 0 Å². The number of anilines is 3. The van der Waals surface area contributed by atoms with Gasteiger partial charge in [0.05, 0.1) is 0 Å². The Morgan fingerprint density at radius 3 is 1.40 bits per heavy atom. The van der Waals surface area contributed by atoms with Crippen molar-refractivity contribution in [3.8, 4) is 44.5 Å². The van der Waals surface area contributed by atoms with Crippen LogP contribution in [0.25, 0.3) is 44.5 Å². The van der Waals surface area contributed by atoms with Crippen molar-refractivity contribution in [1.82, 2.24) is 0 Å². The molecule has 1 nitrogen and oxygen atoms in total. The third-order valence-electron chi connectivity index (χ3n) is 11.7. The van der Waals surface area contributed by atoms with E-state index in [-0.39, 0.29) is 0 Å². The second kappa shape index (κ2) is 12.2. The van der Waals surface area contributed by atoms with Gasteiger partial charge in [0, 0.05) is 17.1 Å². The van der Waals surface area contributed by atoms with Crippen LogP contribution >= 0.6 is 0 Å². The highest BCUT2D eigenvalue weighted by atomic mass is 28.3. The van der Waals surface area contributed by atoms with E-state index >= 15 is 0 Å². The molecule has 0 saturated heterocycles. The number of fused-ring (bicyclic) bond motifs is 10. The van der Waals surface area contributed by atoms with Gasteiger partial charge in [-0.1, -0.05) is 146 Å². The lowest BCUT2D eigenvalue weighted by Gasteiger charge is -2.31. The maximum Gasteiger partial charge on any atom is 0.182 e. The van der Waals surface area contributed by atoms with Crippen LogP contribution in [0.1, 0.15) is 16.7 Å². The highest BCUT2D eigenvalue weighted by molar-refractivity contribution is 7.24. The lowest BCUT2D eigenvalue weighted by atomic mass is 9.95. The summed E-state index contributed by atoms with van der Waals surface area (Å²) < 4.78 is 0. The normalized spacial score (nSPS) is 13.0. The third-order valence-corrected chi connectivity index (χ3v) is 16.6. The summed E-state index contributed by atoms with van der Waals surface area (Å²) in [5.41, 5.74) is 17.8. The van der Waals surface area contributed by atoms with E-state index in [4.69, 9.17) is 0 Å². The van der Waals surface area contributed by atoms with E-state index in [1.165, 1.54) is 93.3 Å². The molecular formula is C51H39NSi. The maximum absolute atomic E-state index is 2.59. The van der Waals surface area contributed by atoms with Gasteiger partial charge in [0.25, 0.3) is 0 Å². The van der Waals surface area contributed by atoms with E-state index in [9.17, 15) is 0 Å². The SMILES string of the molecule is Cc1ccccc1-c1ccc(N(c2ccc3c(c2)[Si]2(c4ccccc4-c4ccccc42)c2ccccc2-3)c2ccc(-c3ccccc3)cc2C)cc1C. The van der Waals surface area contributed by atoms with Crippen molar-refractivity contribution >= 4 is 45.9 Å². The molecule has 0 N–H and O–H groups in total. The number of rotatable bonds is 5. The summed E-state index contributed by atoms with van der Waals surface area (Å²) in [6.07, 6.45) is 0. The van der Waals surface area contributed by atoms with Crippen LogP contribution in [-0.4, -0.2) is 8.07 Å². The average molecular weight is 694 g/mol. The van der Waals surface area contributed by atoms with Crippen LogP contribution in [0.4, 0.5) is 17.1 Å². The molecule has 8 aromatic carbocycles. The van der Waals surface area contributed by atoms with Crippen LogP contribution in [0, 0.1) is 20.8 Å². The highest BCUT2D eigenvalue weighted by Crippen LogP contribution is 2.43. The Bertz CT molecular complexity index is 2660. The minimum atomic E-state index is -2.59. The van der Waals surface area contributed by atoms with E-state index in [0.29, 0.717) is 0 Å². The molecule has 2 heterocycles. The van der Waals surface area contributed by atoms with Gasteiger partial charge < -0.3 is 4.90 Å². The van der Waals surface area contributed by atoms with Gasteiger partial charge in [-0.3, -0.25) is 0 Å². The van der Waals surface area contributed by atoms with Gasteiger partial charge in [-0.05, 0) is 139 Å². The zero-order valence-corrected chi connectivity index (χ0v) is 31.3. The van der Waals surface area contributed by atoms with Crippen LogP contribution in [-0.2, 0) is 0 Å². The number of nitrogens with zero attached hydrogens (tertiary/aromatic N) is 1. The summed E-state index contributed by atoms with van der Waals surface area (Å²) in [6.45, 7) is 6.71. The summed E-state index contributed by atoms with van der Waals surface area (Å²) in [4.78, 5) is 2.50. The molecule has 2 aliphatic heterocycles. The molecule has 1 spiro atoms. The van der Waals surface area contributed by atoms with E-state index in [1.54, 1.807) is 0 Å². The van der Waals surface area contributed by atoms with E-state index < -0.39 is 8.07 Å². The summed E-state index contributed by atoms with van der Waals surface area (Å²) >= 11 is 0. The van der Waals surface area contributed by atoms with Crippen molar-refractivity contribution in [3.63, 3.8) is 0 Å². The molecule has 10 rings (SSSR count). The number of benzene rings is 8. The predicted molar refractivity (Wildman–Crippen MR) is 228 cm³/mol. The first kappa shape index (κ1) is 31.5. The monoisotopic (exact) mass is 693 g/mol. The summed E-state index contributed by atoms with van der Waals surface area (Å²) in [6, 6.07) is 68.3. The molecule has 2 heteroatoms. The van der Waals surface area contributed by atoms with Gasteiger partial charge in [-0.15, -0.1) is 0 Å². The van der Waals surface area contributed by atoms with Crippen LogP contribution in [0.5, 0.6) is 0 Å². The van der Waals surface area contributed by atoms with Crippen molar-refractivity contribution < 1.29 is 0 Å². The molecule has 0 radical (unpaired) electrons. The van der Waals surface area contributed by atoms with Gasteiger partial charge >= 0.3 is 0 Å². The van der Waals surface area contributed by atoms with Gasteiger partial charge in [-0.2, -0.15) is 0 Å². The molecule has 0 aromatic heterocycles. The smallest absolute Gasteiger partial charge is 0.182 e. The van der Waals surface area contributed by atoms with Gasteiger partial charge in [0.1, 0.15) is 0 Å². The van der Waals surface area contributed by atoms with Crippen molar-refractivity contribution in [2.45, 2.75) is 20.8 Å². The minimum Gasteiger partial charge on any atom is -0.310 e. The lowest BCUT2D eigenvalue weighted by Crippen LogP contribution is -2.70. The molecule has 0 bridgehead atoms. The van der Waals surface area contributed by atoms with Crippen LogP contribution in [0.15, 0.2) is 182 Å². The highest BCUT2D eigenvalue weighted by Gasteiger charge is 2.53. The first-order valence-corrected chi connectivity index (χ1v) is 20.6. The molecule has 0 amide bonds. The summed E-state index contributed by atoms with van der Waals surface area (Å²) in [7, 11) is -2.59. The largest absolute Gasteiger partial charge is 0.310 e. The Labute approximate surface area is 313 Å². The van der Waals surface area contributed by atoms with E-state index in [0.717, 1.165) is 5.69 Å². The molecule has 53 heavy (non-hydrogen) atoms. The Balaban J connectivity index is 1.21. The maximum atomic E-state index is 2.55. The first-order valence-electron chi connectivity index (χ1n) is 18.6. The quantitative estimate of drug-likeness (QED) is 0.162. The molecule has 0 fully saturated rings. The van der Waals surface area contributed by atoms with Gasteiger partial charge in [0.15, 0.2) is 8.07 Å². The van der Waals surface area contributed by atoms with Crippen molar-refractivity contribution in [1.29, 1.82) is 0 Å². The molecule has 2 aliphatic rings. The second-order valence-electron chi connectivity index (χ2n) is 14.6. The fourth-order valence-electron chi connectivity index (χ4n) is 9.33. The lowest BCUT2D eigenvalue weighted by molar-refractivity contribution is 1.24. The Morgan fingerprint density at radius 1 is 0.321 bits per heavy atom. The predicted octanol–water partition coefficient (Wildman–Crippen LogP) is 10.8. The summed E-state index contributed by atoms with van der Waals surface area (Å²) in [5.74, 6) is 0. The molecule has 0 saturated carbocycles. The van der Waals surface area contributed by atoms with Crippen LogP contribution < -0.4 is 25.6 Å². The average Bonchev–Trinajstić information content (AvgIpc) is 3.67. The van der Waals surface area contributed by atoms with E-state index in [1.807, 2.05) is 0 Å². The minimum absolute atomic E-state index is 1.16. The van der Waals surface area contributed by atoms with Crippen molar-refractivity contribution in [2.24, 2.45) is 0 Å². The van der Waals surface area contributed by atoms with Crippen LogP contribution in [0.2, 0.25) is 0 Å². The molecule has 0 aliphatic carbocycles. The van der Waals surface area contributed by atoms with E-state index in [2.05, 4.69) is 208 Å². The fraction of sp³-hybridized carbons (Fsp3) is 0.0588. The number of aryl methyl sites for hydroxylation is 3. The molecular weight excluding hydrogens is 655 g/mol. The standard InChI is InChI=1S/C51H39NSi/c1-34-15-7-8-18-41(34)42-28-26-39(32-35(42)2)52(47-30-25-38(31-36(47)3)37-16-5-4-6-17-37)40-27-29-46-45-21-11-14-24-50(45)53(51(46)33-40)48-22-12-9-19-43(48)44-20-10-13-23-49(44)53/h4-33H,1-3H3. The first-order chi connectivity index (χ1) is 26.0.